The lowest BCUT2D eigenvalue weighted by atomic mass is 10.2. The van der Waals surface area contributed by atoms with Crippen LogP contribution in [0.5, 0.6) is 5.75 Å². The van der Waals surface area contributed by atoms with Crippen LogP contribution in [-0.4, -0.2) is 18.3 Å². The van der Waals surface area contributed by atoms with E-state index < -0.39 is 0 Å². The second-order valence-electron chi connectivity index (χ2n) is 3.38. The Morgan fingerprint density at radius 3 is 2.71 bits per heavy atom. The van der Waals surface area contributed by atoms with Crippen molar-refractivity contribution in [1.29, 1.82) is 0 Å². The molecule has 0 spiro atoms. The van der Waals surface area contributed by atoms with Crippen LogP contribution in [0.3, 0.4) is 0 Å². The van der Waals surface area contributed by atoms with Gasteiger partial charge < -0.3 is 4.74 Å². The van der Waals surface area contributed by atoms with Crippen molar-refractivity contribution in [2.75, 3.05) is 12.5 Å². The Balaban J connectivity index is 1.96. The number of nitrogens with one attached hydrogen (secondary N) is 1. The largest absolute Gasteiger partial charge is 0.497 e. The molecule has 2 aromatic rings. The summed E-state index contributed by atoms with van der Waals surface area (Å²) < 4.78 is 5.07. The van der Waals surface area contributed by atoms with E-state index in [-0.39, 0.29) is 0 Å². The van der Waals surface area contributed by atoms with Gasteiger partial charge in [-0.05, 0) is 42.0 Å². The number of anilines is 1. The predicted octanol–water partition coefficient (Wildman–Crippen LogP) is 2.54. The highest BCUT2D eigenvalue weighted by atomic mass is 16.5. The third-order valence-corrected chi connectivity index (χ3v) is 2.18. The van der Waals surface area contributed by atoms with E-state index in [1.54, 1.807) is 25.7 Å². The zero-order valence-corrected chi connectivity index (χ0v) is 9.50. The first kappa shape index (κ1) is 11.1. The molecule has 86 valence electrons. The number of aromatic nitrogens is 1. The molecule has 0 bridgehead atoms. The number of hydrogen-bond donors (Lipinski definition) is 1. The standard InChI is InChI=1S/C13H13N3O/c1-17-13-6-4-11(5-7-13)9-15-16-12-3-2-8-14-10-12/h2-10,16H,1H3/b15-9+. The van der Waals surface area contributed by atoms with Gasteiger partial charge in [-0.1, -0.05) is 0 Å². The zero-order chi connectivity index (χ0) is 11.9. The summed E-state index contributed by atoms with van der Waals surface area (Å²) in [4.78, 5) is 3.98. The predicted molar refractivity (Wildman–Crippen MR) is 68.4 cm³/mol. The summed E-state index contributed by atoms with van der Waals surface area (Å²) >= 11 is 0. The van der Waals surface area contributed by atoms with Crippen LogP contribution < -0.4 is 10.2 Å². The molecular weight excluding hydrogens is 214 g/mol. The summed E-state index contributed by atoms with van der Waals surface area (Å²) in [6, 6.07) is 11.4. The number of rotatable bonds is 4. The maximum atomic E-state index is 5.07. The summed E-state index contributed by atoms with van der Waals surface area (Å²) in [5.41, 5.74) is 4.76. The molecule has 4 nitrogen and oxygen atoms in total. The van der Waals surface area contributed by atoms with Crippen LogP contribution in [-0.2, 0) is 0 Å². The van der Waals surface area contributed by atoms with Crippen LogP contribution in [0, 0.1) is 0 Å². The molecule has 0 unspecified atom stereocenters. The lowest BCUT2D eigenvalue weighted by Gasteiger charge is -2.00. The van der Waals surface area contributed by atoms with Crippen molar-refractivity contribution in [3.05, 3.63) is 54.4 Å². The average Bonchev–Trinajstić information content (AvgIpc) is 2.41. The van der Waals surface area contributed by atoms with Gasteiger partial charge in [0.2, 0.25) is 0 Å². The summed E-state index contributed by atoms with van der Waals surface area (Å²) in [7, 11) is 1.65. The van der Waals surface area contributed by atoms with Crippen LogP contribution in [0.4, 0.5) is 5.69 Å². The Hall–Kier alpha value is -2.36. The van der Waals surface area contributed by atoms with Crippen LogP contribution in [0.15, 0.2) is 53.9 Å². The third kappa shape index (κ3) is 3.31. The van der Waals surface area contributed by atoms with E-state index >= 15 is 0 Å². The fourth-order valence-corrected chi connectivity index (χ4v) is 1.30. The molecule has 0 amide bonds. The number of nitrogens with zero attached hydrogens (tertiary/aromatic N) is 2. The Bertz CT molecular complexity index is 480. The van der Waals surface area contributed by atoms with Gasteiger partial charge in [0.15, 0.2) is 0 Å². The van der Waals surface area contributed by atoms with Crippen molar-refractivity contribution in [3.63, 3.8) is 0 Å². The van der Waals surface area contributed by atoms with Crippen LogP contribution in [0.1, 0.15) is 5.56 Å². The first-order chi connectivity index (χ1) is 8.38. The van der Waals surface area contributed by atoms with E-state index in [2.05, 4.69) is 15.5 Å². The second-order valence-corrected chi connectivity index (χ2v) is 3.38. The van der Waals surface area contributed by atoms with E-state index in [4.69, 9.17) is 4.74 Å². The highest BCUT2D eigenvalue weighted by Gasteiger charge is 1.90. The molecule has 0 saturated carbocycles. The SMILES string of the molecule is COc1ccc(/C=N/Nc2cccnc2)cc1. The number of pyridine rings is 1. The molecule has 0 aliphatic heterocycles. The highest BCUT2D eigenvalue weighted by Crippen LogP contribution is 2.10. The Labute approximate surface area is 100.0 Å². The number of hydrazone groups is 1. The molecular formula is C13H13N3O. The fraction of sp³-hybridized carbons (Fsp3) is 0.0769. The normalized spacial score (nSPS) is 10.4. The van der Waals surface area contributed by atoms with Gasteiger partial charge in [-0.2, -0.15) is 5.10 Å². The molecule has 2 rings (SSSR count). The van der Waals surface area contributed by atoms with Gasteiger partial charge in [0.1, 0.15) is 5.75 Å². The molecule has 0 fully saturated rings. The minimum absolute atomic E-state index is 0.836. The summed E-state index contributed by atoms with van der Waals surface area (Å²) in [5.74, 6) is 0.836. The van der Waals surface area contributed by atoms with Gasteiger partial charge in [0.05, 0.1) is 25.2 Å². The fourth-order valence-electron chi connectivity index (χ4n) is 1.30. The van der Waals surface area contributed by atoms with Crippen molar-refractivity contribution in [3.8, 4) is 5.75 Å². The molecule has 0 aliphatic carbocycles. The van der Waals surface area contributed by atoms with Gasteiger partial charge in [0, 0.05) is 6.20 Å². The smallest absolute Gasteiger partial charge is 0.118 e. The third-order valence-electron chi connectivity index (χ3n) is 2.18. The van der Waals surface area contributed by atoms with Crippen molar-refractivity contribution >= 4 is 11.9 Å². The Morgan fingerprint density at radius 2 is 2.06 bits per heavy atom. The first-order valence-corrected chi connectivity index (χ1v) is 5.21. The molecule has 0 radical (unpaired) electrons. The molecule has 17 heavy (non-hydrogen) atoms. The lowest BCUT2D eigenvalue weighted by molar-refractivity contribution is 0.415. The molecule has 4 heteroatoms. The lowest BCUT2D eigenvalue weighted by Crippen LogP contribution is -1.91. The monoisotopic (exact) mass is 227 g/mol. The molecule has 1 N–H and O–H groups in total. The van der Waals surface area contributed by atoms with Crippen LogP contribution >= 0.6 is 0 Å². The number of methoxy groups -OCH3 is 1. The maximum absolute atomic E-state index is 5.07. The minimum Gasteiger partial charge on any atom is -0.497 e. The van der Waals surface area contributed by atoms with Gasteiger partial charge >= 0.3 is 0 Å². The molecule has 0 aliphatic rings. The summed E-state index contributed by atoms with van der Waals surface area (Å²) in [5, 5.41) is 4.11. The van der Waals surface area contributed by atoms with E-state index in [0.717, 1.165) is 17.0 Å². The van der Waals surface area contributed by atoms with Gasteiger partial charge in [-0.15, -0.1) is 0 Å². The number of benzene rings is 1. The molecule has 1 aromatic carbocycles. The van der Waals surface area contributed by atoms with E-state index in [0.29, 0.717) is 0 Å². The molecule has 1 heterocycles. The number of hydrogen-bond acceptors (Lipinski definition) is 4. The van der Waals surface area contributed by atoms with Gasteiger partial charge in [0.25, 0.3) is 0 Å². The first-order valence-electron chi connectivity index (χ1n) is 5.21. The van der Waals surface area contributed by atoms with E-state index in [1.807, 2.05) is 36.4 Å². The Kier molecular flexibility index (Phi) is 3.70. The van der Waals surface area contributed by atoms with Gasteiger partial charge in [-0.25, -0.2) is 0 Å². The summed E-state index contributed by atoms with van der Waals surface area (Å²) in [6.45, 7) is 0. The number of ether oxygens (including phenoxy) is 1. The van der Waals surface area contributed by atoms with E-state index in [9.17, 15) is 0 Å². The minimum atomic E-state index is 0.836. The topological polar surface area (TPSA) is 46.5 Å². The van der Waals surface area contributed by atoms with Crippen molar-refractivity contribution in [1.82, 2.24) is 4.98 Å². The van der Waals surface area contributed by atoms with Crippen molar-refractivity contribution in [2.45, 2.75) is 0 Å². The zero-order valence-electron chi connectivity index (χ0n) is 9.50. The quantitative estimate of drug-likeness (QED) is 0.645. The van der Waals surface area contributed by atoms with Gasteiger partial charge in [-0.3, -0.25) is 10.4 Å². The molecule has 0 atom stereocenters. The summed E-state index contributed by atoms with van der Waals surface area (Å²) in [6.07, 6.45) is 5.18. The van der Waals surface area contributed by atoms with Crippen LogP contribution in [0.25, 0.3) is 0 Å². The van der Waals surface area contributed by atoms with Crippen LogP contribution in [0.2, 0.25) is 0 Å². The average molecular weight is 227 g/mol. The second kappa shape index (κ2) is 5.65. The highest BCUT2D eigenvalue weighted by molar-refractivity contribution is 5.80. The maximum Gasteiger partial charge on any atom is 0.118 e. The Morgan fingerprint density at radius 1 is 1.24 bits per heavy atom. The molecule has 0 saturated heterocycles. The van der Waals surface area contributed by atoms with E-state index in [1.165, 1.54) is 0 Å². The van der Waals surface area contributed by atoms with Crippen molar-refractivity contribution in [2.24, 2.45) is 5.10 Å². The molecule has 1 aromatic heterocycles. The van der Waals surface area contributed by atoms with Crippen molar-refractivity contribution < 1.29 is 4.74 Å².